The monoisotopic (exact) mass is 364 g/mol. The second-order valence-corrected chi connectivity index (χ2v) is 5.41. The van der Waals surface area contributed by atoms with Crippen molar-refractivity contribution in [1.82, 2.24) is 0 Å². The fraction of sp³-hybridized carbons (Fsp3) is 0.125. The van der Waals surface area contributed by atoms with Gasteiger partial charge in [-0.2, -0.15) is 0 Å². The number of aromatic carboxylic acids is 1. The minimum absolute atomic E-state index is 0.00784. The third kappa shape index (κ3) is 3.69. The molecule has 25 heavy (non-hydrogen) atoms. The maximum absolute atomic E-state index is 12.5. The molecule has 0 aromatic heterocycles. The summed E-state index contributed by atoms with van der Waals surface area (Å²) in [7, 11) is 1.32. The van der Waals surface area contributed by atoms with Crippen molar-refractivity contribution in [3.05, 3.63) is 62.2 Å². The van der Waals surface area contributed by atoms with Crippen molar-refractivity contribution < 1.29 is 24.4 Å². The number of rotatable bonds is 5. The molecule has 0 saturated heterocycles. The zero-order valence-corrected chi connectivity index (χ0v) is 14.0. The van der Waals surface area contributed by atoms with E-state index in [1.807, 2.05) is 0 Å². The molecule has 0 spiro atoms. The van der Waals surface area contributed by atoms with Crippen molar-refractivity contribution in [2.24, 2.45) is 0 Å². The van der Waals surface area contributed by atoms with E-state index in [1.165, 1.54) is 44.4 Å². The van der Waals surface area contributed by atoms with Gasteiger partial charge >= 0.3 is 5.97 Å². The molecule has 0 bridgehead atoms. The van der Waals surface area contributed by atoms with E-state index in [2.05, 4.69) is 5.32 Å². The Hall–Kier alpha value is -3.13. The van der Waals surface area contributed by atoms with Crippen LogP contribution < -0.4 is 10.1 Å². The van der Waals surface area contributed by atoms with Gasteiger partial charge in [-0.25, -0.2) is 4.79 Å². The lowest BCUT2D eigenvalue weighted by Crippen LogP contribution is -2.15. The minimum atomic E-state index is -1.23. The molecule has 8 nitrogen and oxygen atoms in total. The first kappa shape index (κ1) is 18.2. The first-order chi connectivity index (χ1) is 11.8. The summed E-state index contributed by atoms with van der Waals surface area (Å²) < 4.78 is 5.09. The van der Waals surface area contributed by atoms with Gasteiger partial charge in [0, 0.05) is 17.2 Å². The van der Waals surface area contributed by atoms with Crippen LogP contribution in [0.4, 0.5) is 11.4 Å². The Kier molecular flexibility index (Phi) is 5.23. The van der Waals surface area contributed by atoms with Gasteiger partial charge in [-0.05, 0) is 25.1 Å². The van der Waals surface area contributed by atoms with E-state index in [0.717, 1.165) is 0 Å². The van der Waals surface area contributed by atoms with Crippen LogP contribution in [0.25, 0.3) is 0 Å². The molecule has 2 aromatic rings. The number of nitrogens with one attached hydrogen (secondary N) is 1. The summed E-state index contributed by atoms with van der Waals surface area (Å²) in [4.78, 5) is 34.0. The molecule has 2 N–H and O–H groups in total. The molecule has 2 rings (SSSR count). The highest BCUT2D eigenvalue weighted by Gasteiger charge is 2.21. The number of halogens is 1. The maximum atomic E-state index is 12.5. The molecule has 0 unspecified atom stereocenters. The zero-order chi connectivity index (χ0) is 18.7. The van der Waals surface area contributed by atoms with E-state index in [-0.39, 0.29) is 38.8 Å². The standard InChI is InChI=1S/C16H13ClN2O6/c1-8-10(4-3-5-13(8)19(23)24)15(20)18-12-7-9(16(21)22)6-11(17)14(12)25-2/h3-7H,1-2H3,(H,18,20)(H,21,22). The van der Waals surface area contributed by atoms with E-state index >= 15 is 0 Å². The molecule has 0 heterocycles. The molecule has 9 heteroatoms. The van der Waals surface area contributed by atoms with E-state index in [0.29, 0.717) is 0 Å². The Morgan fingerprint density at radius 3 is 2.56 bits per heavy atom. The summed E-state index contributed by atoms with van der Waals surface area (Å²) >= 11 is 5.98. The summed E-state index contributed by atoms with van der Waals surface area (Å²) in [6, 6.07) is 6.48. The van der Waals surface area contributed by atoms with Gasteiger partial charge < -0.3 is 15.2 Å². The van der Waals surface area contributed by atoms with Crippen molar-refractivity contribution in [2.45, 2.75) is 6.92 Å². The van der Waals surface area contributed by atoms with Gasteiger partial charge in [0.2, 0.25) is 0 Å². The normalized spacial score (nSPS) is 10.2. The number of methoxy groups -OCH3 is 1. The lowest BCUT2D eigenvalue weighted by molar-refractivity contribution is -0.385. The van der Waals surface area contributed by atoms with Crippen LogP contribution in [0.2, 0.25) is 5.02 Å². The van der Waals surface area contributed by atoms with Crippen LogP contribution in [0.3, 0.4) is 0 Å². The zero-order valence-electron chi connectivity index (χ0n) is 13.2. The number of anilines is 1. The highest BCUT2D eigenvalue weighted by atomic mass is 35.5. The number of amides is 1. The molecular formula is C16H13ClN2O6. The van der Waals surface area contributed by atoms with Gasteiger partial charge in [0.1, 0.15) is 0 Å². The van der Waals surface area contributed by atoms with Gasteiger partial charge in [-0.1, -0.05) is 17.7 Å². The fourth-order valence-electron chi connectivity index (χ4n) is 2.27. The third-order valence-corrected chi connectivity index (χ3v) is 3.77. The van der Waals surface area contributed by atoms with Crippen molar-refractivity contribution in [3.8, 4) is 5.75 Å². The Morgan fingerprint density at radius 2 is 2.00 bits per heavy atom. The quantitative estimate of drug-likeness (QED) is 0.618. The molecular weight excluding hydrogens is 352 g/mol. The summed E-state index contributed by atoms with van der Waals surface area (Å²) in [5.74, 6) is -1.80. The lowest BCUT2D eigenvalue weighted by atomic mass is 10.1. The van der Waals surface area contributed by atoms with Crippen molar-refractivity contribution in [2.75, 3.05) is 12.4 Å². The highest BCUT2D eigenvalue weighted by molar-refractivity contribution is 6.33. The van der Waals surface area contributed by atoms with Crippen LogP contribution in [0, 0.1) is 17.0 Å². The van der Waals surface area contributed by atoms with Crippen LogP contribution in [0.15, 0.2) is 30.3 Å². The van der Waals surface area contributed by atoms with E-state index in [4.69, 9.17) is 21.4 Å². The summed E-state index contributed by atoms with van der Waals surface area (Å²) in [5.41, 5.74) is -0.0327. The van der Waals surface area contributed by atoms with Gasteiger partial charge in [0.05, 0.1) is 28.3 Å². The molecule has 0 radical (unpaired) electrons. The number of carbonyl (C=O) groups excluding carboxylic acids is 1. The number of nitro benzene ring substituents is 1. The van der Waals surface area contributed by atoms with Crippen molar-refractivity contribution >= 4 is 34.9 Å². The number of nitrogens with zero attached hydrogens (tertiary/aromatic N) is 1. The number of hydrogen-bond donors (Lipinski definition) is 2. The smallest absolute Gasteiger partial charge is 0.335 e. The molecule has 0 saturated carbocycles. The average molecular weight is 365 g/mol. The number of ether oxygens (including phenoxy) is 1. The molecule has 130 valence electrons. The maximum Gasteiger partial charge on any atom is 0.335 e. The number of carboxylic acids is 1. The second kappa shape index (κ2) is 7.18. The van der Waals surface area contributed by atoms with Crippen molar-refractivity contribution in [1.29, 1.82) is 0 Å². The van der Waals surface area contributed by atoms with Gasteiger partial charge in [-0.15, -0.1) is 0 Å². The third-order valence-electron chi connectivity index (χ3n) is 3.49. The van der Waals surface area contributed by atoms with E-state index in [1.54, 1.807) is 0 Å². The number of carboxylic acid groups (broad SMARTS) is 1. The van der Waals surface area contributed by atoms with Crippen molar-refractivity contribution in [3.63, 3.8) is 0 Å². The van der Waals surface area contributed by atoms with E-state index < -0.39 is 16.8 Å². The molecule has 2 aromatic carbocycles. The van der Waals surface area contributed by atoms with Gasteiger partial charge in [-0.3, -0.25) is 14.9 Å². The molecule has 0 aliphatic carbocycles. The molecule has 1 amide bonds. The topological polar surface area (TPSA) is 119 Å². The molecule has 0 fully saturated rings. The Morgan fingerprint density at radius 1 is 1.32 bits per heavy atom. The Bertz CT molecular complexity index is 881. The SMILES string of the molecule is COc1c(Cl)cc(C(=O)O)cc1NC(=O)c1cccc([N+](=O)[O-])c1C. The predicted octanol–water partition coefficient (Wildman–Crippen LogP) is 3.52. The highest BCUT2D eigenvalue weighted by Crippen LogP contribution is 2.35. The van der Waals surface area contributed by atoms with Crippen LogP contribution in [0.1, 0.15) is 26.3 Å². The first-order valence-electron chi connectivity index (χ1n) is 6.92. The van der Waals surface area contributed by atoms with Crippen LogP contribution in [0.5, 0.6) is 5.75 Å². The number of hydrogen-bond acceptors (Lipinski definition) is 5. The first-order valence-corrected chi connectivity index (χ1v) is 7.30. The molecule has 0 atom stereocenters. The average Bonchev–Trinajstić information content (AvgIpc) is 2.54. The van der Waals surface area contributed by atoms with Gasteiger partial charge in [0.15, 0.2) is 5.75 Å². The lowest BCUT2D eigenvalue weighted by Gasteiger charge is -2.13. The Balaban J connectivity index is 2.46. The van der Waals surface area contributed by atoms with Crippen LogP contribution in [-0.4, -0.2) is 29.0 Å². The van der Waals surface area contributed by atoms with E-state index in [9.17, 15) is 19.7 Å². The second-order valence-electron chi connectivity index (χ2n) is 5.00. The summed E-state index contributed by atoms with van der Waals surface area (Å²) in [6.07, 6.45) is 0. The molecule has 0 aliphatic rings. The van der Waals surface area contributed by atoms with Crippen LogP contribution >= 0.6 is 11.6 Å². The largest absolute Gasteiger partial charge is 0.493 e. The van der Waals surface area contributed by atoms with Gasteiger partial charge in [0.25, 0.3) is 11.6 Å². The Labute approximate surface area is 147 Å². The predicted molar refractivity (Wildman–Crippen MR) is 90.7 cm³/mol. The fourth-order valence-corrected chi connectivity index (χ4v) is 2.57. The number of nitro groups is 1. The summed E-state index contributed by atoms with van der Waals surface area (Å²) in [5, 5.41) is 22.6. The number of benzene rings is 2. The van der Waals surface area contributed by atoms with Crippen LogP contribution in [-0.2, 0) is 0 Å². The number of carbonyl (C=O) groups is 2. The molecule has 0 aliphatic heterocycles. The minimum Gasteiger partial charge on any atom is -0.493 e. The summed E-state index contributed by atoms with van der Waals surface area (Å²) in [6.45, 7) is 1.45.